The summed E-state index contributed by atoms with van der Waals surface area (Å²) in [6.45, 7) is 3.30. The van der Waals surface area contributed by atoms with Gasteiger partial charge in [0.2, 0.25) is 0 Å². The second kappa shape index (κ2) is 5.49. The van der Waals surface area contributed by atoms with Crippen molar-refractivity contribution in [1.29, 1.82) is 0 Å². The lowest BCUT2D eigenvalue weighted by molar-refractivity contribution is 0.0886. The number of aromatic nitrogens is 2. The Balaban J connectivity index is 2.21. The van der Waals surface area contributed by atoms with Crippen molar-refractivity contribution in [3.05, 3.63) is 17.5 Å². The van der Waals surface area contributed by atoms with Crippen LogP contribution >= 0.6 is 0 Å². The molecule has 20 heavy (non-hydrogen) atoms. The van der Waals surface area contributed by atoms with E-state index in [9.17, 15) is 4.79 Å². The number of nitrogens with zero attached hydrogens (tertiary/aromatic N) is 3. The van der Waals surface area contributed by atoms with Crippen molar-refractivity contribution < 1.29 is 10.0 Å². The third-order valence-electron chi connectivity index (χ3n) is 3.87. The Hall–Kier alpha value is -2.09. The first-order valence-electron chi connectivity index (χ1n) is 6.47. The number of oxime groups is 1. The molecule has 1 aliphatic rings. The molecule has 8 heteroatoms. The van der Waals surface area contributed by atoms with Crippen LogP contribution in [-0.4, -0.2) is 57.7 Å². The average molecular weight is 280 g/mol. The first-order chi connectivity index (χ1) is 9.48. The summed E-state index contributed by atoms with van der Waals surface area (Å²) in [5.41, 5.74) is 6.16. The summed E-state index contributed by atoms with van der Waals surface area (Å²) in [5, 5.41) is 21.6. The number of aromatic amines is 1. The van der Waals surface area contributed by atoms with Gasteiger partial charge in [-0.25, -0.2) is 0 Å². The molecule has 1 amide bonds. The molecule has 1 aromatic rings. The standard InChI is InChI=1S/C12H20N6O2/c1-8-9(7-14-16-8)10(19)15-12(11(13)17-20)3-5-18(2)6-4-12/h7,20H,3-6H2,1-2H3,(H2,13,17)(H,14,16)(H,15,19). The summed E-state index contributed by atoms with van der Waals surface area (Å²) < 4.78 is 0. The van der Waals surface area contributed by atoms with E-state index in [4.69, 9.17) is 10.9 Å². The van der Waals surface area contributed by atoms with E-state index >= 15 is 0 Å². The molecular formula is C12H20N6O2. The van der Waals surface area contributed by atoms with Crippen LogP contribution in [0.15, 0.2) is 11.4 Å². The van der Waals surface area contributed by atoms with E-state index in [0.29, 0.717) is 24.1 Å². The normalized spacial score (nSPS) is 19.8. The lowest BCUT2D eigenvalue weighted by atomic mass is 9.86. The van der Waals surface area contributed by atoms with E-state index < -0.39 is 5.54 Å². The van der Waals surface area contributed by atoms with Crippen molar-refractivity contribution in [2.75, 3.05) is 20.1 Å². The monoisotopic (exact) mass is 280 g/mol. The molecule has 2 heterocycles. The number of rotatable bonds is 3. The zero-order valence-corrected chi connectivity index (χ0v) is 11.7. The van der Waals surface area contributed by atoms with E-state index in [-0.39, 0.29) is 11.7 Å². The lowest BCUT2D eigenvalue weighted by Crippen LogP contribution is -2.62. The van der Waals surface area contributed by atoms with E-state index in [1.54, 1.807) is 6.92 Å². The number of carbonyl (C=O) groups excluding carboxylic acids is 1. The Bertz CT molecular complexity index is 516. The molecule has 0 bridgehead atoms. The van der Waals surface area contributed by atoms with Crippen LogP contribution in [0.1, 0.15) is 28.9 Å². The maximum atomic E-state index is 12.3. The maximum absolute atomic E-state index is 12.3. The number of H-pyrrole nitrogens is 1. The molecule has 1 aliphatic heterocycles. The van der Waals surface area contributed by atoms with Crippen molar-refractivity contribution in [1.82, 2.24) is 20.4 Å². The van der Waals surface area contributed by atoms with Crippen LogP contribution in [0.5, 0.6) is 0 Å². The molecule has 0 radical (unpaired) electrons. The van der Waals surface area contributed by atoms with E-state index in [1.165, 1.54) is 6.20 Å². The fraction of sp³-hybridized carbons (Fsp3) is 0.583. The number of nitrogens with one attached hydrogen (secondary N) is 2. The molecule has 0 aliphatic carbocycles. The summed E-state index contributed by atoms with van der Waals surface area (Å²) in [7, 11) is 2.00. The minimum Gasteiger partial charge on any atom is -0.409 e. The largest absolute Gasteiger partial charge is 0.409 e. The van der Waals surface area contributed by atoms with Crippen molar-refractivity contribution in [2.24, 2.45) is 10.9 Å². The fourth-order valence-corrected chi connectivity index (χ4v) is 2.41. The molecule has 0 aromatic carbocycles. The second-order valence-electron chi connectivity index (χ2n) is 5.23. The minimum atomic E-state index is -0.804. The Kier molecular flexibility index (Phi) is 3.93. The number of aryl methyl sites for hydroxylation is 1. The van der Waals surface area contributed by atoms with Gasteiger partial charge < -0.3 is 21.2 Å². The highest BCUT2D eigenvalue weighted by atomic mass is 16.4. The second-order valence-corrected chi connectivity index (χ2v) is 5.23. The van der Waals surface area contributed by atoms with Gasteiger partial charge in [0.25, 0.3) is 5.91 Å². The number of carbonyl (C=O) groups is 1. The molecule has 1 saturated heterocycles. The zero-order valence-electron chi connectivity index (χ0n) is 11.7. The number of amides is 1. The molecule has 1 fully saturated rings. The first kappa shape index (κ1) is 14.3. The van der Waals surface area contributed by atoms with E-state index in [2.05, 4.69) is 25.6 Å². The van der Waals surface area contributed by atoms with E-state index in [1.807, 2.05) is 7.05 Å². The fourth-order valence-electron chi connectivity index (χ4n) is 2.41. The molecule has 110 valence electrons. The van der Waals surface area contributed by atoms with Crippen LogP contribution < -0.4 is 11.1 Å². The molecule has 0 unspecified atom stereocenters. The predicted molar refractivity (Wildman–Crippen MR) is 73.7 cm³/mol. The Morgan fingerprint density at radius 2 is 2.25 bits per heavy atom. The lowest BCUT2D eigenvalue weighted by Gasteiger charge is -2.40. The van der Waals surface area contributed by atoms with Gasteiger partial charge in [-0.05, 0) is 26.8 Å². The third kappa shape index (κ3) is 2.60. The number of amidine groups is 1. The van der Waals surface area contributed by atoms with Crippen molar-refractivity contribution in [2.45, 2.75) is 25.3 Å². The summed E-state index contributed by atoms with van der Waals surface area (Å²) in [5.74, 6) is -0.229. The predicted octanol–water partition coefficient (Wildman–Crippen LogP) is -0.341. The van der Waals surface area contributed by atoms with E-state index in [0.717, 1.165) is 13.1 Å². The van der Waals surface area contributed by atoms with Crippen LogP contribution in [0.4, 0.5) is 0 Å². The molecule has 0 spiro atoms. The Morgan fingerprint density at radius 1 is 1.60 bits per heavy atom. The highest BCUT2D eigenvalue weighted by Crippen LogP contribution is 2.23. The van der Waals surface area contributed by atoms with Crippen LogP contribution in [0.2, 0.25) is 0 Å². The number of likely N-dealkylation sites (tertiary alicyclic amines) is 1. The number of hydrogen-bond acceptors (Lipinski definition) is 5. The molecule has 0 saturated carbocycles. The first-order valence-corrected chi connectivity index (χ1v) is 6.47. The van der Waals surface area contributed by atoms with Gasteiger partial charge in [0.05, 0.1) is 11.8 Å². The van der Waals surface area contributed by atoms with Crippen LogP contribution in [-0.2, 0) is 0 Å². The molecular weight excluding hydrogens is 260 g/mol. The smallest absolute Gasteiger partial charge is 0.255 e. The van der Waals surface area contributed by atoms with Crippen LogP contribution in [0.3, 0.4) is 0 Å². The van der Waals surface area contributed by atoms with Gasteiger partial charge >= 0.3 is 0 Å². The Labute approximate surface area is 117 Å². The SMILES string of the molecule is Cc1[nH]ncc1C(=O)NC1(C(N)=NO)CCN(C)CC1. The number of nitrogens with two attached hydrogens (primary N) is 1. The highest BCUT2D eigenvalue weighted by Gasteiger charge is 2.40. The zero-order chi connectivity index (χ0) is 14.8. The highest BCUT2D eigenvalue weighted by molar-refractivity contribution is 6.00. The quantitative estimate of drug-likeness (QED) is 0.261. The van der Waals surface area contributed by atoms with Gasteiger partial charge in [-0.1, -0.05) is 5.16 Å². The molecule has 1 aromatic heterocycles. The van der Waals surface area contributed by atoms with Crippen molar-refractivity contribution >= 4 is 11.7 Å². The number of piperidine rings is 1. The van der Waals surface area contributed by atoms with Crippen LogP contribution in [0.25, 0.3) is 0 Å². The van der Waals surface area contributed by atoms with Crippen molar-refractivity contribution in [3.8, 4) is 0 Å². The maximum Gasteiger partial charge on any atom is 0.255 e. The molecule has 5 N–H and O–H groups in total. The third-order valence-corrected chi connectivity index (χ3v) is 3.87. The summed E-state index contributed by atoms with van der Waals surface area (Å²) in [6.07, 6.45) is 2.67. The molecule has 8 nitrogen and oxygen atoms in total. The summed E-state index contributed by atoms with van der Waals surface area (Å²) in [4.78, 5) is 14.5. The van der Waals surface area contributed by atoms with Crippen molar-refractivity contribution in [3.63, 3.8) is 0 Å². The summed E-state index contributed by atoms with van der Waals surface area (Å²) in [6, 6.07) is 0. The Morgan fingerprint density at radius 3 is 2.75 bits per heavy atom. The molecule has 0 atom stereocenters. The van der Waals surface area contributed by atoms with Gasteiger partial charge in [0.1, 0.15) is 5.54 Å². The van der Waals surface area contributed by atoms with Gasteiger partial charge in [-0.3, -0.25) is 9.89 Å². The number of hydrogen-bond donors (Lipinski definition) is 4. The average Bonchev–Trinajstić information content (AvgIpc) is 2.87. The minimum absolute atomic E-state index is 0.0418. The van der Waals surface area contributed by atoms with Crippen LogP contribution in [0, 0.1) is 6.92 Å². The van der Waals surface area contributed by atoms with Gasteiger partial charge in [0, 0.05) is 18.8 Å². The van der Waals surface area contributed by atoms with Gasteiger partial charge in [-0.2, -0.15) is 5.10 Å². The van der Waals surface area contributed by atoms with Gasteiger partial charge in [0.15, 0.2) is 5.84 Å². The molecule has 2 rings (SSSR count). The summed E-state index contributed by atoms with van der Waals surface area (Å²) >= 11 is 0. The topological polar surface area (TPSA) is 120 Å². The van der Waals surface area contributed by atoms with Gasteiger partial charge in [-0.15, -0.1) is 0 Å².